The van der Waals surface area contributed by atoms with E-state index in [2.05, 4.69) is 68.8 Å². The van der Waals surface area contributed by atoms with Crippen LogP contribution in [0.2, 0.25) is 36.9 Å². The second kappa shape index (κ2) is 3.73. The van der Waals surface area contributed by atoms with Gasteiger partial charge in [0, 0.05) is 8.07 Å². The Kier molecular flexibility index (Phi) is 4.09. The first-order valence-corrected chi connectivity index (χ1v) is 14.2. The molecule has 0 amide bonds. The molecule has 0 aliphatic rings. The predicted molar refractivity (Wildman–Crippen MR) is 73.5 cm³/mol. The summed E-state index contributed by atoms with van der Waals surface area (Å²) in [5, 5.41) is 0.563. The molecule has 0 aliphatic carbocycles. The van der Waals surface area contributed by atoms with E-state index >= 15 is 0 Å². The molecule has 3 heteroatoms. The van der Waals surface area contributed by atoms with E-state index in [0.717, 1.165) is 0 Å². The fourth-order valence-electron chi connectivity index (χ4n) is 1.26. The zero-order valence-electron chi connectivity index (χ0n) is 9.59. The number of halogens is 1. The Bertz CT molecular complexity index is 151. The van der Waals surface area contributed by atoms with Crippen molar-refractivity contribution in [2.75, 3.05) is 0 Å². The van der Waals surface area contributed by atoms with E-state index < -0.39 is 13.6 Å². The van der Waals surface area contributed by atoms with Crippen LogP contribution in [0.15, 0.2) is 0 Å². The van der Waals surface area contributed by atoms with Crippen molar-refractivity contribution in [3.8, 4) is 0 Å². The summed E-state index contributed by atoms with van der Waals surface area (Å²) in [6.45, 7) is 17.2. The average molecular weight is 314 g/mol. The van der Waals surface area contributed by atoms with Crippen LogP contribution < -0.4 is 0 Å². The van der Waals surface area contributed by atoms with Gasteiger partial charge in [-0.1, -0.05) is 52.6 Å². The van der Waals surface area contributed by atoms with E-state index in [1.54, 1.807) is 5.67 Å². The third kappa shape index (κ3) is 4.41. The first kappa shape index (κ1) is 13.2. The summed E-state index contributed by atoms with van der Waals surface area (Å²) in [6, 6.07) is 0. The summed E-state index contributed by atoms with van der Waals surface area (Å²) < 4.78 is 0. The lowest BCUT2D eigenvalue weighted by Crippen LogP contribution is -2.41. The van der Waals surface area contributed by atoms with Gasteiger partial charge in [-0.25, -0.2) is 0 Å². The van der Waals surface area contributed by atoms with Gasteiger partial charge in [0.05, 0.1) is 0 Å². The van der Waals surface area contributed by atoms with Crippen molar-refractivity contribution in [1.82, 2.24) is 0 Å². The quantitative estimate of drug-likeness (QED) is 0.394. The van der Waals surface area contributed by atoms with E-state index in [9.17, 15) is 0 Å². The summed E-state index contributed by atoms with van der Waals surface area (Å²) in [4.78, 5) is 0. The lowest BCUT2D eigenvalue weighted by molar-refractivity contribution is 0.736. The van der Waals surface area contributed by atoms with E-state index in [0.29, 0.717) is 5.04 Å². The van der Waals surface area contributed by atoms with Crippen molar-refractivity contribution in [2.24, 2.45) is 0 Å². The van der Waals surface area contributed by atoms with Crippen LogP contribution in [0.1, 0.15) is 20.8 Å². The lowest BCUT2D eigenvalue weighted by Gasteiger charge is -2.38. The highest BCUT2D eigenvalue weighted by atomic mass is 127. The summed E-state index contributed by atoms with van der Waals surface area (Å²) in [6.07, 6.45) is 0. The highest BCUT2D eigenvalue weighted by Gasteiger charge is 2.40. The van der Waals surface area contributed by atoms with Crippen LogP contribution in [0.25, 0.3) is 0 Å². The van der Waals surface area contributed by atoms with Crippen LogP contribution in [0, 0.1) is 0 Å². The van der Waals surface area contributed by atoms with E-state index in [1.807, 2.05) is 0 Å². The van der Waals surface area contributed by atoms with Crippen LogP contribution in [0.5, 0.6) is 0 Å². The summed E-state index contributed by atoms with van der Waals surface area (Å²) in [5.74, 6) is 0. The summed E-state index contributed by atoms with van der Waals surface area (Å²) in [5.41, 5.74) is 0.537. The molecule has 0 heterocycles. The highest BCUT2D eigenvalue weighted by Crippen LogP contribution is 2.45. The van der Waals surface area contributed by atoms with Gasteiger partial charge in [-0.05, 0) is 5.04 Å². The second-order valence-corrected chi connectivity index (χ2v) is 23.8. The van der Waals surface area contributed by atoms with Gasteiger partial charge in [-0.3, -0.25) is 0 Å². The Morgan fingerprint density at radius 2 is 1.33 bits per heavy atom. The Morgan fingerprint density at radius 1 is 1.00 bits per heavy atom. The second-order valence-electron chi connectivity index (χ2n) is 6.18. The molecule has 12 heavy (non-hydrogen) atoms. The molecule has 0 N–H and O–H groups in total. The molecule has 1 unspecified atom stereocenters. The van der Waals surface area contributed by atoms with Gasteiger partial charge in [0.25, 0.3) is 0 Å². The lowest BCUT2D eigenvalue weighted by atomic mass is 10.2. The van der Waals surface area contributed by atoms with Gasteiger partial charge in [0.1, 0.15) is 5.57 Å². The maximum absolute atomic E-state index is 2.78. The van der Waals surface area contributed by atoms with Gasteiger partial charge in [0.15, 0.2) is 0 Å². The molecule has 0 rings (SSSR count). The highest BCUT2D eigenvalue weighted by molar-refractivity contribution is 14.1. The molecule has 74 valence electrons. The van der Waals surface area contributed by atoms with Gasteiger partial charge in [0.2, 0.25) is 0 Å². The van der Waals surface area contributed by atoms with Crippen LogP contribution >= 0.6 is 21.8 Å². The molecular weight excluding hydrogens is 291 g/mol. The van der Waals surface area contributed by atoms with Crippen molar-refractivity contribution in [2.45, 2.75) is 57.7 Å². The number of hydrogen-bond donors (Lipinski definition) is 0. The predicted octanol–water partition coefficient (Wildman–Crippen LogP) is 4.67. The largest absolute Gasteiger partial charge is 0.125 e. The maximum atomic E-state index is 2.78. The molecule has 0 aromatic rings. The minimum absolute atomic E-state index is 0.563. The fourth-order valence-corrected chi connectivity index (χ4v) is 21.6. The molecule has 0 aliphatic heterocycles. The van der Waals surface area contributed by atoms with Crippen LogP contribution in [-0.2, 0) is 0 Å². The normalized spacial score (nSPS) is 19.0. The van der Waals surface area contributed by atoms with Crippen molar-refractivity contribution in [3.63, 3.8) is 0 Å². The number of rotatable bonds is 2. The van der Waals surface area contributed by atoms with E-state index in [1.165, 1.54) is 0 Å². The molecule has 0 radical (unpaired) electrons. The fraction of sp³-hybridized carbons (Fsp3) is 1.00. The van der Waals surface area contributed by atoms with Gasteiger partial charge >= 0.3 is 0 Å². The minimum atomic E-state index is -1.01. The molecular formula is C9H23ISi2. The molecule has 0 saturated heterocycles. The smallest absolute Gasteiger partial charge is 0.119 e. The van der Waals surface area contributed by atoms with Gasteiger partial charge < -0.3 is 0 Å². The molecule has 0 bridgehead atoms. The SMILES string of the molecule is CC(C)(C)[Si](C)(I)C[Si](C)(C)C. The van der Waals surface area contributed by atoms with Crippen molar-refractivity contribution in [1.29, 1.82) is 0 Å². The molecule has 0 saturated carbocycles. The van der Waals surface area contributed by atoms with Crippen molar-refractivity contribution in [3.05, 3.63) is 0 Å². The summed E-state index contributed by atoms with van der Waals surface area (Å²) >= 11 is 2.78. The molecule has 0 nitrogen and oxygen atoms in total. The first-order chi connectivity index (χ1) is 4.96. The third-order valence-corrected chi connectivity index (χ3v) is 20.7. The number of hydrogen-bond acceptors (Lipinski definition) is 0. The van der Waals surface area contributed by atoms with Gasteiger partial charge in [-0.15, -0.1) is 21.8 Å². The Hall–Kier alpha value is 1.16. The van der Waals surface area contributed by atoms with Crippen molar-refractivity contribution < 1.29 is 0 Å². The average Bonchev–Trinajstić information content (AvgIpc) is 1.52. The molecule has 0 fully saturated rings. The minimum Gasteiger partial charge on any atom is -0.119 e. The monoisotopic (exact) mass is 314 g/mol. The standard InChI is InChI=1S/C9H23ISi2/c1-9(2,3)12(7,10)8-11(4,5)6/h8H2,1-7H3. The molecule has 1 atom stereocenters. The van der Waals surface area contributed by atoms with Crippen LogP contribution in [-0.4, -0.2) is 13.6 Å². The maximum Gasteiger partial charge on any atom is 0.125 e. The molecule has 0 spiro atoms. The van der Waals surface area contributed by atoms with E-state index in [4.69, 9.17) is 0 Å². The van der Waals surface area contributed by atoms with Crippen LogP contribution in [0.3, 0.4) is 0 Å². The van der Waals surface area contributed by atoms with Gasteiger partial charge in [-0.2, -0.15) is 0 Å². The third-order valence-electron chi connectivity index (χ3n) is 2.43. The van der Waals surface area contributed by atoms with Crippen LogP contribution in [0.4, 0.5) is 0 Å². The topological polar surface area (TPSA) is 0 Å². The zero-order valence-corrected chi connectivity index (χ0v) is 13.7. The Morgan fingerprint density at radius 3 is 1.42 bits per heavy atom. The first-order valence-electron chi connectivity index (χ1n) is 4.65. The molecule has 0 aromatic carbocycles. The molecule has 0 aromatic heterocycles. The Balaban J connectivity index is 4.44. The summed E-state index contributed by atoms with van der Waals surface area (Å²) in [7, 11) is -0.848. The van der Waals surface area contributed by atoms with Crippen molar-refractivity contribution >= 4 is 35.4 Å². The Labute approximate surface area is 92.8 Å². The zero-order chi connectivity index (χ0) is 10.2. The van der Waals surface area contributed by atoms with E-state index in [-0.39, 0.29) is 0 Å².